The Morgan fingerprint density at radius 2 is 2.04 bits per heavy atom. The maximum atomic E-state index is 12.2. The van der Waals surface area contributed by atoms with E-state index in [1.165, 1.54) is 12.1 Å². The number of rotatable bonds is 10. The van der Waals surface area contributed by atoms with Gasteiger partial charge in [-0.3, -0.25) is 0 Å². The van der Waals surface area contributed by atoms with Crippen LogP contribution in [0.25, 0.3) is 0 Å². The second-order valence-corrected chi connectivity index (χ2v) is 6.38. The first kappa shape index (κ1) is 22.3. The molecule has 1 aliphatic rings. The molecule has 1 atom stereocenters. The Bertz CT molecular complexity index is 588. The molecule has 1 aliphatic heterocycles. The Morgan fingerprint density at radius 3 is 2.68 bits per heavy atom. The number of nitrogens with one attached hydrogen (secondary N) is 2. The average Bonchev–Trinajstić information content (AvgIpc) is 3.18. The van der Waals surface area contributed by atoms with Crippen molar-refractivity contribution in [1.82, 2.24) is 10.6 Å². The predicted molar refractivity (Wildman–Crippen MR) is 101 cm³/mol. The molecular formula is C19H28F3N3O3. The van der Waals surface area contributed by atoms with E-state index in [4.69, 9.17) is 14.2 Å². The van der Waals surface area contributed by atoms with Gasteiger partial charge in [-0.25, -0.2) is 4.99 Å². The van der Waals surface area contributed by atoms with Gasteiger partial charge in [-0.2, -0.15) is 13.2 Å². The molecule has 0 aliphatic carbocycles. The van der Waals surface area contributed by atoms with Crippen molar-refractivity contribution in [3.05, 3.63) is 29.8 Å². The normalized spacial score (nSPS) is 17.6. The summed E-state index contributed by atoms with van der Waals surface area (Å²) in [6, 6.07) is 6.44. The molecule has 2 N–H and O–H groups in total. The molecule has 1 unspecified atom stereocenters. The van der Waals surface area contributed by atoms with Crippen LogP contribution in [-0.2, 0) is 16.0 Å². The highest BCUT2D eigenvalue weighted by atomic mass is 19.4. The number of guanidine groups is 1. The van der Waals surface area contributed by atoms with Gasteiger partial charge in [-0.15, -0.1) is 0 Å². The number of benzene rings is 1. The number of halogens is 3. The maximum Gasteiger partial charge on any atom is 0.422 e. The molecule has 1 heterocycles. The van der Waals surface area contributed by atoms with Crippen LogP contribution in [0, 0.1) is 0 Å². The second kappa shape index (κ2) is 11.8. The van der Waals surface area contributed by atoms with Crippen molar-refractivity contribution in [2.75, 3.05) is 39.5 Å². The van der Waals surface area contributed by atoms with Crippen molar-refractivity contribution in [1.29, 1.82) is 0 Å². The molecule has 28 heavy (non-hydrogen) atoms. The molecule has 1 aromatic carbocycles. The Hall–Kier alpha value is -2.00. The summed E-state index contributed by atoms with van der Waals surface area (Å²) in [6.45, 7) is 4.66. The third-order valence-corrected chi connectivity index (χ3v) is 3.94. The Kier molecular flexibility index (Phi) is 9.36. The SMILES string of the molecule is CCNC(=NCc1ccc(OCC(F)(F)F)cc1)NCCCOC1CCOC1. The first-order valence-corrected chi connectivity index (χ1v) is 9.46. The van der Waals surface area contributed by atoms with E-state index in [-0.39, 0.29) is 11.9 Å². The summed E-state index contributed by atoms with van der Waals surface area (Å²) in [6.07, 6.45) is -2.32. The average molecular weight is 403 g/mol. The van der Waals surface area contributed by atoms with Gasteiger partial charge in [0, 0.05) is 26.3 Å². The van der Waals surface area contributed by atoms with Gasteiger partial charge in [0.05, 0.1) is 19.3 Å². The van der Waals surface area contributed by atoms with E-state index in [1.807, 2.05) is 6.92 Å². The van der Waals surface area contributed by atoms with Crippen molar-refractivity contribution in [3.63, 3.8) is 0 Å². The van der Waals surface area contributed by atoms with Crippen molar-refractivity contribution in [2.45, 2.75) is 38.6 Å². The molecule has 6 nitrogen and oxygen atoms in total. The molecule has 0 saturated carbocycles. The van der Waals surface area contributed by atoms with Gasteiger partial charge in [0.15, 0.2) is 12.6 Å². The fourth-order valence-corrected chi connectivity index (χ4v) is 2.54. The highest BCUT2D eigenvalue weighted by molar-refractivity contribution is 5.79. The van der Waals surface area contributed by atoms with Crippen molar-refractivity contribution in [3.8, 4) is 5.75 Å². The number of ether oxygens (including phenoxy) is 3. The molecule has 9 heteroatoms. The zero-order valence-electron chi connectivity index (χ0n) is 16.1. The zero-order valence-corrected chi connectivity index (χ0v) is 16.1. The smallest absolute Gasteiger partial charge is 0.422 e. The van der Waals surface area contributed by atoms with Crippen molar-refractivity contribution < 1.29 is 27.4 Å². The lowest BCUT2D eigenvalue weighted by Gasteiger charge is -2.13. The third-order valence-electron chi connectivity index (χ3n) is 3.94. The largest absolute Gasteiger partial charge is 0.484 e. The summed E-state index contributed by atoms with van der Waals surface area (Å²) < 4.78 is 52.2. The van der Waals surface area contributed by atoms with Crippen LogP contribution in [0.15, 0.2) is 29.3 Å². The molecular weight excluding hydrogens is 375 g/mol. The molecule has 0 spiro atoms. The highest BCUT2D eigenvalue weighted by Crippen LogP contribution is 2.19. The van der Waals surface area contributed by atoms with E-state index in [9.17, 15) is 13.2 Å². The van der Waals surface area contributed by atoms with Crippen LogP contribution >= 0.6 is 0 Å². The molecule has 0 amide bonds. The standard InChI is InChI=1S/C19H28F3N3O3/c1-2-23-18(24-9-3-10-27-17-8-11-26-13-17)25-12-15-4-6-16(7-5-15)28-14-19(20,21)22/h4-7,17H,2-3,8-14H2,1H3,(H2,23,24,25). The van der Waals surface area contributed by atoms with Crippen LogP contribution in [0.3, 0.4) is 0 Å². The van der Waals surface area contributed by atoms with Gasteiger partial charge in [0.1, 0.15) is 5.75 Å². The van der Waals surface area contributed by atoms with Gasteiger partial charge in [0.2, 0.25) is 0 Å². The minimum absolute atomic E-state index is 0.183. The van der Waals surface area contributed by atoms with Crippen LogP contribution in [0.2, 0.25) is 0 Å². The van der Waals surface area contributed by atoms with E-state index in [0.717, 1.165) is 38.1 Å². The van der Waals surface area contributed by atoms with Gasteiger partial charge < -0.3 is 24.8 Å². The lowest BCUT2D eigenvalue weighted by Crippen LogP contribution is -2.38. The van der Waals surface area contributed by atoms with E-state index in [1.54, 1.807) is 12.1 Å². The molecule has 0 bridgehead atoms. The second-order valence-electron chi connectivity index (χ2n) is 6.38. The number of aliphatic imine (C=N–C) groups is 1. The maximum absolute atomic E-state index is 12.2. The van der Waals surface area contributed by atoms with E-state index < -0.39 is 12.8 Å². The molecule has 1 fully saturated rings. The van der Waals surface area contributed by atoms with Gasteiger partial charge >= 0.3 is 6.18 Å². The topological polar surface area (TPSA) is 64.1 Å². The minimum Gasteiger partial charge on any atom is -0.484 e. The van der Waals surface area contributed by atoms with Crippen LogP contribution in [-0.4, -0.2) is 57.8 Å². The molecule has 0 aromatic heterocycles. The Balaban J connectivity index is 1.71. The quantitative estimate of drug-likeness (QED) is 0.357. The highest BCUT2D eigenvalue weighted by Gasteiger charge is 2.28. The lowest BCUT2D eigenvalue weighted by molar-refractivity contribution is -0.153. The Labute approximate surface area is 163 Å². The van der Waals surface area contributed by atoms with Crippen molar-refractivity contribution >= 4 is 5.96 Å². The van der Waals surface area contributed by atoms with Crippen LogP contribution in [0.5, 0.6) is 5.75 Å². The van der Waals surface area contributed by atoms with Gasteiger partial charge in [-0.05, 0) is 37.5 Å². The number of hydrogen-bond acceptors (Lipinski definition) is 4. The van der Waals surface area contributed by atoms with Crippen LogP contribution in [0.1, 0.15) is 25.3 Å². The monoisotopic (exact) mass is 403 g/mol. The fourth-order valence-electron chi connectivity index (χ4n) is 2.54. The van der Waals surface area contributed by atoms with Crippen LogP contribution in [0.4, 0.5) is 13.2 Å². The van der Waals surface area contributed by atoms with Crippen molar-refractivity contribution in [2.24, 2.45) is 4.99 Å². The number of nitrogens with zero attached hydrogens (tertiary/aromatic N) is 1. The van der Waals surface area contributed by atoms with E-state index in [2.05, 4.69) is 15.6 Å². The molecule has 1 saturated heterocycles. The van der Waals surface area contributed by atoms with E-state index >= 15 is 0 Å². The van der Waals surface area contributed by atoms with Gasteiger partial charge in [-0.1, -0.05) is 12.1 Å². The molecule has 1 aromatic rings. The number of hydrogen-bond donors (Lipinski definition) is 2. The summed E-state index contributed by atoms with van der Waals surface area (Å²) >= 11 is 0. The summed E-state index contributed by atoms with van der Waals surface area (Å²) in [7, 11) is 0. The molecule has 0 radical (unpaired) electrons. The predicted octanol–water partition coefficient (Wildman–Crippen LogP) is 2.88. The summed E-state index contributed by atoms with van der Waals surface area (Å²) in [5, 5.41) is 6.40. The summed E-state index contributed by atoms with van der Waals surface area (Å²) in [4.78, 5) is 4.49. The van der Waals surface area contributed by atoms with Crippen LogP contribution < -0.4 is 15.4 Å². The first-order valence-electron chi connectivity index (χ1n) is 9.46. The number of alkyl halides is 3. The lowest BCUT2D eigenvalue weighted by atomic mass is 10.2. The first-order chi connectivity index (χ1) is 13.5. The minimum atomic E-state index is -4.34. The summed E-state index contributed by atoms with van der Waals surface area (Å²) in [5.41, 5.74) is 0.876. The van der Waals surface area contributed by atoms with E-state index in [0.29, 0.717) is 25.7 Å². The molecule has 158 valence electrons. The molecule has 2 rings (SSSR count). The fraction of sp³-hybridized carbons (Fsp3) is 0.632. The third kappa shape index (κ3) is 9.27. The zero-order chi connectivity index (χ0) is 20.2. The Morgan fingerprint density at radius 1 is 1.25 bits per heavy atom. The summed E-state index contributed by atoms with van der Waals surface area (Å²) in [5.74, 6) is 0.867. The van der Waals surface area contributed by atoms with Gasteiger partial charge in [0.25, 0.3) is 0 Å².